The second-order valence-electron chi connectivity index (χ2n) is 7.96. The van der Waals surface area contributed by atoms with Crippen LogP contribution in [0, 0.1) is 5.92 Å². The number of methoxy groups -OCH3 is 1. The zero-order valence-corrected chi connectivity index (χ0v) is 15.3. The first-order valence-corrected chi connectivity index (χ1v) is 9.40. The number of aryl methyl sites for hydroxylation is 1. The van der Waals surface area contributed by atoms with Crippen molar-refractivity contribution in [3.63, 3.8) is 0 Å². The van der Waals surface area contributed by atoms with Gasteiger partial charge in [-0.3, -0.25) is 4.90 Å². The van der Waals surface area contributed by atoms with E-state index in [-0.39, 0.29) is 0 Å². The van der Waals surface area contributed by atoms with Gasteiger partial charge in [-0.1, -0.05) is 0 Å². The second kappa shape index (κ2) is 6.57. The Morgan fingerprint density at radius 2 is 2.00 bits per heavy atom. The molecule has 1 aromatic carbocycles. The van der Waals surface area contributed by atoms with Gasteiger partial charge in [0.1, 0.15) is 6.10 Å². The molecule has 4 nitrogen and oxygen atoms in total. The van der Waals surface area contributed by atoms with E-state index in [9.17, 15) is 0 Å². The number of hydrogen-bond acceptors (Lipinski definition) is 4. The van der Waals surface area contributed by atoms with Gasteiger partial charge in [0.25, 0.3) is 0 Å². The monoisotopic (exact) mass is 330 g/mol. The van der Waals surface area contributed by atoms with Gasteiger partial charge in [-0.2, -0.15) is 0 Å². The van der Waals surface area contributed by atoms with Crippen LogP contribution in [0.4, 0.5) is 0 Å². The third-order valence-corrected chi connectivity index (χ3v) is 6.05. The Balaban J connectivity index is 1.55. The van der Waals surface area contributed by atoms with E-state index in [2.05, 4.69) is 36.0 Å². The summed E-state index contributed by atoms with van der Waals surface area (Å²) in [6.45, 7) is 3.57. The minimum Gasteiger partial charge on any atom is -0.493 e. The first-order valence-electron chi connectivity index (χ1n) is 9.40. The summed E-state index contributed by atoms with van der Waals surface area (Å²) in [5, 5.41) is 0. The molecule has 4 rings (SSSR count). The van der Waals surface area contributed by atoms with E-state index in [1.54, 1.807) is 7.11 Å². The molecule has 1 aromatic rings. The predicted octanol–water partition coefficient (Wildman–Crippen LogP) is 3.11. The third kappa shape index (κ3) is 3.02. The van der Waals surface area contributed by atoms with Crippen molar-refractivity contribution in [2.75, 3.05) is 40.8 Å². The van der Waals surface area contributed by atoms with Gasteiger partial charge in [0, 0.05) is 19.1 Å². The quantitative estimate of drug-likeness (QED) is 0.847. The summed E-state index contributed by atoms with van der Waals surface area (Å²) in [5.41, 5.74) is 2.84. The lowest BCUT2D eigenvalue weighted by molar-refractivity contribution is 0.0284. The number of nitrogens with zero attached hydrogens (tertiary/aromatic N) is 2. The molecule has 0 radical (unpaired) electrons. The van der Waals surface area contributed by atoms with Gasteiger partial charge < -0.3 is 14.4 Å². The first-order chi connectivity index (χ1) is 11.6. The van der Waals surface area contributed by atoms with E-state index in [0.717, 1.165) is 30.4 Å². The Morgan fingerprint density at radius 1 is 1.12 bits per heavy atom. The second-order valence-corrected chi connectivity index (χ2v) is 7.96. The molecule has 2 heterocycles. The van der Waals surface area contributed by atoms with E-state index < -0.39 is 0 Å². The zero-order chi connectivity index (χ0) is 16.7. The summed E-state index contributed by atoms with van der Waals surface area (Å²) >= 11 is 0. The molecule has 132 valence electrons. The first kappa shape index (κ1) is 16.2. The maximum Gasteiger partial charge on any atom is 0.161 e. The van der Waals surface area contributed by atoms with Gasteiger partial charge in [-0.25, -0.2) is 0 Å². The van der Waals surface area contributed by atoms with Crippen molar-refractivity contribution in [2.45, 2.75) is 44.2 Å². The van der Waals surface area contributed by atoms with Gasteiger partial charge >= 0.3 is 0 Å². The standard InChI is InChI=1S/C20H30N2O2/c1-21(2)18-7-6-15-10-20(19(23-3)11-17(15)18)24-16-9-14-5-4-8-22(12-14)13-16/h10-11,14,16,18H,4-9,12-13H2,1-3H3. The fourth-order valence-electron chi connectivity index (χ4n) is 4.89. The largest absolute Gasteiger partial charge is 0.493 e. The summed E-state index contributed by atoms with van der Waals surface area (Å²) in [5.74, 6) is 2.66. The van der Waals surface area contributed by atoms with Crippen LogP contribution in [0.3, 0.4) is 0 Å². The van der Waals surface area contributed by atoms with Gasteiger partial charge in [0.2, 0.25) is 0 Å². The van der Waals surface area contributed by atoms with Gasteiger partial charge in [-0.05, 0) is 81.9 Å². The molecular formula is C20H30N2O2. The molecule has 0 spiro atoms. The highest BCUT2D eigenvalue weighted by molar-refractivity contribution is 5.50. The van der Waals surface area contributed by atoms with Gasteiger partial charge in [0.15, 0.2) is 11.5 Å². The molecule has 2 saturated heterocycles. The van der Waals surface area contributed by atoms with Gasteiger partial charge in [0.05, 0.1) is 7.11 Å². The van der Waals surface area contributed by atoms with Crippen LogP contribution in [-0.4, -0.2) is 56.7 Å². The van der Waals surface area contributed by atoms with Crippen molar-refractivity contribution in [1.29, 1.82) is 0 Å². The average Bonchev–Trinajstić information content (AvgIpc) is 2.96. The van der Waals surface area contributed by atoms with E-state index in [4.69, 9.17) is 9.47 Å². The lowest BCUT2D eigenvalue weighted by Crippen LogP contribution is -2.48. The van der Waals surface area contributed by atoms with Crippen LogP contribution in [0.15, 0.2) is 12.1 Å². The molecule has 4 heteroatoms. The lowest BCUT2D eigenvalue weighted by atomic mass is 9.88. The minimum atomic E-state index is 0.307. The minimum absolute atomic E-state index is 0.307. The fourth-order valence-corrected chi connectivity index (χ4v) is 4.89. The summed E-state index contributed by atoms with van der Waals surface area (Å²) in [4.78, 5) is 4.88. The lowest BCUT2D eigenvalue weighted by Gasteiger charge is -2.41. The Labute approximate surface area is 145 Å². The highest BCUT2D eigenvalue weighted by atomic mass is 16.5. The Hall–Kier alpha value is -1.26. The van der Waals surface area contributed by atoms with Crippen molar-refractivity contribution in [3.8, 4) is 11.5 Å². The smallest absolute Gasteiger partial charge is 0.161 e. The van der Waals surface area contributed by atoms with E-state index in [0.29, 0.717) is 12.1 Å². The molecule has 2 fully saturated rings. The van der Waals surface area contributed by atoms with Crippen molar-refractivity contribution >= 4 is 0 Å². The Kier molecular flexibility index (Phi) is 4.44. The highest BCUT2D eigenvalue weighted by Crippen LogP contribution is 2.42. The molecule has 0 saturated carbocycles. The number of hydrogen-bond donors (Lipinski definition) is 0. The maximum absolute atomic E-state index is 6.45. The van der Waals surface area contributed by atoms with E-state index in [1.807, 2.05) is 0 Å². The number of benzene rings is 1. The average molecular weight is 330 g/mol. The van der Waals surface area contributed by atoms with Crippen LogP contribution in [0.1, 0.15) is 42.9 Å². The molecule has 0 amide bonds. The fraction of sp³-hybridized carbons (Fsp3) is 0.700. The SMILES string of the molecule is COc1cc2c(cc1OC1CC3CCCN(C3)C1)CCC2N(C)C. The van der Waals surface area contributed by atoms with Crippen LogP contribution in [0.2, 0.25) is 0 Å². The van der Waals surface area contributed by atoms with Crippen LogP contribution >= 0.6 is 0 Å². The number of ether oxygens (including phenoxy) is 2. The molecule has 1 aliphatic carbocycles. The summed E-state index contributed by atoms with van der Waals surface area (Å²) in [7, 11) is 6.07. The van der Waals surface area contributed by atoms with Gasteiger partial charge in [-0.15, -0.1) is 0 Å². The van der Waals surface area contributed by atoms with Crippen molar-refractivity contribution in [3.05, 3.63) is 23.3 Å². The maximum atomic E-state index is 6.45. The van der Waals surface area contributed by atoms with Crippen LogP contribution in [-0.2, 0) is 6.42 Å². The molecule has 4 unspecified atom stereocenters. The van der Waals surface area contributed by atoms with E-state index >= 15 is 0 Å². The summed E-state index contributed by atoms with van der Waals surface area (Å²) < 4.78 is 12.1. The summed E-state index contributed by atoms with van der Waals surface area (Å²) in [6, 6.07) is 4.96. The molecule has 2 bridgehead atoms. The predicted molar refractivity (Wildman–Crippen MR) is 95.9 cm³/mol. The normalized spacial score (nSPS) is 31.8. The van der Waals surface area contributed by atoms with E-state index in [1.165, 1.54) is 49.9 Å². The molecule has 4 atom stereocenters. The van der Waals surface area contributed by atoms with Crippen molar-refractivity contribution in [1.82, 2.24) is 9.80 Å². The molecule has 2 aliphatic heterocycles. The van der Waals surface area contributed by atoms with Crippen molar-refractivity contribution < 1.29 is 9.47 Å². The topological polar surface area (TPSA) is 24.9 Å². The molecular weight excluding hydrogens is 300 g/mol. The highest BCUT2D eigenvalue weighted by Gasteiger charge is 2.32. The summed E-state index contributed by atoms with van der Waals surface area (Å²) in [6.07, 6.45) is 6.54. The van der Waals surface area contributed by atoms with Crippen molar-refractivity contribution in [2.24, 2.45) is 5.92 Å². The Morgan fingerprint density at radius 3 is 2.75 bits per heavy atom. The Bertz CT molecular complexity index is 590. The number of fused-ring (bicyclic) bond motifs is 3. The molecule has 24 heavy (non-hydrogen) atoms. The number of rotatable bonds is 4. The van der Waals surface area contributed by atoms with Crippen LogP contribution in [0.25, 0.3) is 0 Å². The van der Waals surface area contributed by atoms with Crippen LogP contribution in [0.5, 0.6) is 11.5 Å². The third-order valence-electron chi connectivity index (χ3n) is 6.05. The molecule has 0 N–H and O–H groups in total. The molecule has 3 aliphatic rings. The van der Waals surface area contributed by atoms with Crippen LogP contribution < -0.4 is 9.47 Å². The molecule has 0 aromatic heterocycles. The number of piperidine rings is 2. The zero-order valence-electron chi connectivity index (χ0n) is 15.3.